The molecule has 1 aromatic heterocycles. The van der Waals surface area contributed by atoms with Crippen molar-refractivity contribution in [2.75, 3.05) is 5.73 Å². The molecule has 0 aliphatic rings. The van der Waals surface area contributed by atoms with Crippen LogP contribution in [0.4, 0.5) is 5.69 Å². The van der Waals surface area contributed by atoms with Crippen LogP contribution in [0.2, 0.25) is 0 Å². The van der Waals surface area contributed by atoms with Crippen molar-refractivity contribution in [2.24, 2.45) is 0 Å². The quantitative estimate of drug-likeness (QED) is 0.315. The number of hydrogen-bond donors (Lipinski definition) is 4. The molecule has 0 saturated heterocycles. The number of nitrogens with two attached hydrogens (primary N) is 1. The van der Waals surface area contributed by atoms with Gasteiger partial charge < -0.3 is 11.1 Å². The molecule has 5 N–H and O–H groups in total. The van der Waals surface area contributed by atoms with Crippen molar-refractivity contribution in [2.45, 2.75) is 6.04 Å². The number of anilines is 1. The van der Waals surface area contributed by atoms with Crippen LogP contribution in [-0.2, 0) is 4.79 Å². The van der Waals surface area contributed by atoms with Crippen LogP contribution in [0.25, 0.3) is 5.69 Å². The molecule has 8 heteroatoms. The van der Waals surface area contributed by atoms with Crippen molar-refractivity contribution in [3.8, 4) is 5.69 Å². The highest BCUT2D eigenvalue weighted by Crippen LogP contribution is 2.17. The lowest BCUT2D eigenvalue weighted by atomic mass is 10.0. The summed E-state index contributed by atoms with van der Waals surface area (Å²) in [5.41, 5.74) is 9.31. The standard InChI is InChI=1S/C18H17N5O3/c19-14-4-1-3-13(11-14)17(24)21-16(18(25)22-26)12-5-7-15(8-6-12)23-10-2-9-20-23/h1-11,16,26H,19H2,(H,21,24)(H,22,25)/t16-/m1/s1. The number of nitrogens with zero attached hydrogens (tertiary/aromatic N) is 2. The summed E-state index contributed by atoms with van der Waals surface area (Å²) in [6.07, 6.45) is 3.44. The molecule has 0 bridgehead atoms. The minimum absolute atomic E-state index is 0.314. The molecule has 0 spiro atoms. The Kier molecular flexibility index (Phi) is 4.95. The minimum atomic E-state index is -1.07. The third-order valence-electron chi connectivity index (χ3n) is 3.79. The van der Waals surface area contributed by atoms with Crippen molar-refractivity contribution in [3.63, 3.8) is 0 Å². The van der Waals surface area contributed by atoms with E-state index < -0.39 is 17.9 Å². The lowest BCUT2D eigenvalue weighted by molar-refractivity contribution is -0.131. The maximum Gasteiger partial charge on any atom is 0.270 e. The maximum atomic E-state index is 12.4. The molecule has 0 aliphatic carbocycles. The van der Waals surface area contributed by atoms with Gasteiger partial charge >= 0.3 is 0 Å². The Hall–Kier alpha value is -3.65. The highest BCUT2D eigenvalue weighted by Gasteiger charge is 2.23. The number of hydrogen-bond acceptors (Lipinski definition) is 5. The number of aromatic nitrogens is 2. The molecule has 0 unspecified atom stereocenters. The fourth-order valence-corrected chi connectivity index (χ4v) is 2.50. The first-order valence-electron chi connectivity index (χ1n) is 7.79. The zero-order chi connectivity index (χ0) is 18.5. The molecule has 0 radical (unpaired) electrons. The first-order valence-corrected chi connectivity index (χ1v) is 7.79. The molecule has 1 atom stereocenters. The largest absolute Gasteiger partial charge is 0.399 e. The highest BCUT2D eigenvalue weighted by molar-refractivity contribution is 5.98. The van der Waals surface area contributed by atoms with Gasteiger partial charge in [0.05, 0.1) is 5.69 Å². The summed E-state index contributed by atoms with van der Waals surface area (Å²) in [5, 5.41) is 15.7. The van der Waals surface area contributed by atoms with Gasteiger partial charge in [0, 0.05) is 23.6 Å². The summed E-state index contributed by atoms with van der Waals surface area (Å²) in [4.78, 5) is 24.5. The van der Waals surface area contributed by atoms with E-state index in [9.17, 15) is 9.59 Å². The van der Waals surface area contributed by atoms with Gasteiger partial charge in [-0.1, -0.05) is 18.2 Å². The van der Waals surface area contributed by atoms with E-state index in [0.29, 0.717) is 16.8 Å². The molecule has 2 aromatic carbocycles. The molecule has 8 nitrogen and oxygen atoms in total. The Morgan fingerprint density at radius 1 is 1.12 bits per heavy atom. The van der Waals surface area contributed by atoms with Crippen molar-refractivity contribution in [1.29, 1.82) is 0 Å². The average Bonchev–Trinajstić information content (AvgIpc) is 3.20. The summed E-state index contributed by atoms with van der Waals surface area (Å²) < 4.78 is 1.66. The van der Waals surface area contributed by atoms with Crippen LogP contribution in [0.15, 0.2) is 67.0 Å². The molecule has 3 rings (SSSR count). The average molecular weight is 351 g/mol. The molecule has 3 aromatic rings. The number of carbonyl (C=O) groups excluding carboxylic acids is 2. The van der Waals surface area contributed by atoms with E-state index >= 15 is 0 Å². The molecule has 1 heterocycles. The van der Waals surface area contributed by atoms with Crippen LogP contribution in [0.1, 0.15) is 22.0 Å². The van der Waals surface area contributed by atoms with E-state index in [0.717, 1.165) is 5.69 Å². The van der Waals surface area contributed by atoms with E-state index in [1.807, 2.05) is 0 Å². The second kappa shape index (κ2) is 7.49. The fraction of sp³-hybridized carbons (Fsp3) is 0.0556. The smallest absolute Gasteiger partial charge is 0.270 e. The predicted molar refractivity (Wildman–Crippen MR) is 94.6 cm³/mol. The summed E-state index contributed by atoms with van der Waals surface area (Å²) in [6.45, 7) is 0. The van der Waals surface area contributed by atoms with Crippen molar-refractivity contribution in [3.05, 3.63) is 78.1 Å². The predicted octanol–water partition coefficient (Wildman–Crippen LogP) is 1.43. The lowest BCUT2D eigenvalue weighted by Crippen LogP contribution is -2.39. The summed E-state index contributed by atoms with van der Waals surface area (Å²) in [5.74, 6) is -1.24. The third kappa shape index (κ3) is 3.70. The second-order valence-electron chi connectivity index (χ2n) is 5.55. The van der Waals surface area contributed by atoms with Gasteiger partial charge in [-0.3, -0.25) is 14.8 Å². The van der Waals surface area contributed by atoms with Gasteiger partial charge in [-0.25, -0.2) is 10.2 Å². The highest BCUT2D eigenvalue weighted by atomic mass is 16.5. The summed E-state index contributed by atoms with van der Waals surface area (Å²) in [7, 11) is 0. The van der Waals surface area contributed by atoms with Crippen LogP contribution in [0, 0.1) is 0 Å². The first-order chi connectivity index (χ1) is 12.6. The molecule has 26 heavy (non-hydrogen) atoms. The molecule has 0 saturated carbocycles. The van der Waals surface area contributed by atoms with Gasteiger partial charge in [-0.2, -0.15) is 5.10 Å². The minimum Gasteiger partial charge on any atom is -0.399 e. The lowest BCUT2D eigenvalue weighted by Gasteiger charge is -2.18. The molecular weight excluding hydrogens is 334 g/mol. The van der Waals surface area contributed by atoms with Crippen LogP contribution in [0.3, 0.4) is 0 Å². The normalized spacial score (nSPS) is 11.6. The molecule has 0 aliphatic heterocycles. The molecule has 132 valence electrons. The number of amides is 2. The monoisotopic (exact) mass is 351 g/mol. The van der Waals surface area contributed by atoms with Crippen LogP contribution in [-0.4, -0.2) is 26.8 Å². The molecular formula is C18H17N5O3. The number of nitrogen functional groups attached to an aromatic ring is 1. The van der Waals surface area contributed by atoms with E-state index in [1.54, 1.807) is 71.1 Å². The van der Waals surface area contributed by atoms with Crippen molar-refractivity contribution >= 4 is 17.5 Å². The Morgan fingerprint density at radius 3 is 2.50 bits per heavy atom. The summed E-state index contributed by atoms with van der Waals surface area (Å²) in [6, 6.07) is 14.0. The van der Waals surface area contributed by atoms with Crippen LogP contribution < -0.4 is 16.5 Å². The topological polar surface area (TPSA) is 122 Å². The van der Waals surface area contributed by atoms with Gasteiger partial charge in [0.25, 0.3) is 11.8 Å². The molecule has 2 amide bonds. The first kappa shape index (κ1) is 17.2. The number of rotatable bonds is 5. The Balaban J connectivity index is 1.84. The Bertz CT molecular complexity index is 907. The number of nitrogens with one attached hydrogen (secondary N) is 2. The van der Waals surface area contributed by atoms with Gasteiger partial charge in [-0.15, -0.1) is 0 Å². The molecule has 0 fully saturated rings. The Morgan fingerprint density at radius 2 is 1.88 bits per heavy atom. The van der Waals surface area contributed by atoms with Crippen LogP contribution >= 0.6 is 0 Å². The van der Waals surface area contributed by atoms with Gasteiger partial charge in [-0.05, 0) is 42.0 Å². The van der Waals surface area contributed by atoms with Gasteiger partial charge in [0.15, 0.2) is 0 Å². The number of hydroxylamine groups is 1. The third-order valence-corrected chi connectivity index (χ3v) is 3.79. The zero-order valence-electron chi connectivity index (χ0n) is 13.7. The maximum absolute atomic E-state index is 12.4. The second-order valence-corrected chi connectivity index (χ2v) is 5.55. The van der Waals surface area contributed by atoms with E-state index in [1.165, 1.54) is 6.07 Å². The van der Waals surface area contributed by atoms with E-state index in [2.05, 4.69) is 10.4 Å². The number of carbonyl (C=O) groups is 2. The Labute approximate surface area is 149 Å². The van der Waals surface area contributed by atoms with Crippen molar-refractivity contribution < 1.29 is 14.8 Å². The van der Waals surface area contributed by atoms with Gasteiger partial charge in [0.1, 0.15) is 6.04 Å². The fourth-order valence-electron chi connectivity index (χ4n) is 2.50. The van der Waals surface area contributed by atoms with Crippen molar-refractivity contribution in [1.82, 2.24) is 20.6 Å². The number of benzene rings is 2. The van der Waals surface area contributed by atoms with Gasteiger partial charge in [0.2, 0.25) is 0 Å². The summed E-state index contributed by atoms with van der Waals surface area (Å²) >= 11 is 0. The van der Waals surface area contributed by atoms with E-state index in [-0.39, 0.29) is 0 Å². The zero-order valence-corrected chi connectivity index (χ0v) is 13.7. The van der Waals surface area contributed by atoms with Crippen LogP contribution in [0.5, 0.6) is 0 Å². The SMILES string of the molecule is Nc1cccc(C(=O)N[C@@H](C(=O)NO)c2ccc(-n3cccn3)cc2)c1. The van der Waals surface area contributed by atoms with E-state index in [4.69, 9.17) is 10.9 Å².